The molecule has 0 amide bonds. The van der Waals surface area contributed by atoms with Crippen LogP contribution in [-0.2, 0) is 12.0 Å². The molecule has 0 saturated carbocycles. The predicted octanol–water partition coefficient (Wildman–Crippen LogP) is 2.78. The molecule has 2 aromatic rings. The first-order valence-electron chi connectivity index (χ1n) is 7.25. The van der Waals surface area contributed by atoms with Crippen molar-refractivity contribution in [2.75, 3.05) is 12.4 Å². The lowest BCUT2D eigenvalue weighted by Gasteiger charge is -2.14. The summed E-state index contributed by atoms with van der Waals surface area (Å²) >= 11 is 0. The number of rotatable bonds is 4. The number of nitrogens with two attached hydrogens (primary N) is 1. The molecule has 4 N–H and O–H groups in total. The number of guanidine groups is 1. The van der Waals surface area contributed by atoms with Gasteiger partial charge in [0.15, 0.2) is 11.8 Å². The molecule has 1 heterocycles. The first-order chi connectivity index (χ1) is 10.8. The topological polar surface area (TPSA) is 88.3 Å². The number of methoxy groups -OCH3 is 1. The lowest BCUT2D eigenvalue weighted by Crippen LogP contribution is -2.23. The van der Waals surface area contributed by atoms with Crippen LogP contribution in [-0.4, -0.2) is 23.3 Å². The lowest BCUT2D eigenvalue weighted by atomic mass is 9.92. The van der Waals surface area contributed by atoms with Crippen molar-refractivity contribution in [3.63, 3.8) is 0 Å². The largest absolute Gasteiger partial charge is 0.496 e. The van der Waals surface area contributed by atoms with E-state index >= 15 is 0 Å². The Hall–Kier alpha value is -2.57. The normalized spacial score (nSPS) is 12.3. The van der Waals surface area contributed by atoms with Gasteiger partial charge >= 0.3 is 0 Å². The van der Waals surface area contributed by atoms with E-state index in [0.717, 1.165) is 5.69 Å². The molecule has 0 aliphatic carbocycles. The maximum Gasteiger partial charge on any atom is 0.194 e. The number of hydrogen-bond donors (Lipinski definition) is 3. The van der Waals surface area contributed by atoms with E-state index in [0.29, 0.717) is 17.1 Å². The molecule has 1 aromatic carbocycles. The third-order valence-electron chi connectivity index (χ3n) is 3.35. The zero-order chi connectivity index (χ0) is 17.0. The molecule has 1 aromatic heterocycles. The Bertz CT molecular complexity index is 703. The Kier molecular flexibility index (Phi) is 4.88. The minimum Gasteiger partial charge on any atom is -0.496 e. The zero-order valence-electron chi connectivity index (χ0n) is 13.8. The summed E-state index contributed by atoms with van der Waals surface area (Å²) in [5.41, 5.74) is 7.13. The first kappa shape index (κ1) is 16.8. The SMILES string of the molecule is COc1cccc(F)c1CN=C(N)Nc1cc(C(C)(C)C)[nH]n1. The predicted molar refractivity (Wildman–Crippen MR) is 89.2 cm³/mol. The first-order valence-corrected chi connectivity index (χ1v) is 7.25. The Labute approximate surface area is 135 Å². The van der Waals surface area contributed by atoms with Crippen LogP contribution in [0.4, 0.5) is 10.2 Å². The number of aliphatic imine (C=N–C) groups is 1. The van der Waals surface area contributed by atoms with Crippen LogP contribution < -0.4 is 15.8 Å². The van der Waals surface area contributed by atoms with Crippen LogP contribution in [0.1, 0.15) is 32.0 Å². The van der Waals surface area contributed by atoms with Crippen LogP contribution in [0.5, 0.6) is 5.75 Å². The standard InChI is InChI=1S/C16H22FN5O/c1-16(2,3)13-8-14(22-21-13)20-15(18)19-9-10-11(17)6-5-7-12(10)23-4/h5-8H,9H2,1-4H3,(H4,18,19,20,21,22). The molecule has 0 aliphatic rings. The number of aromatic nitrogens is 2. The molecule has 0 saturated heterocycles. The average Bonchev–Trinajstić information content (AvgIpc) is 2.94. The summed E-state index contributed by atoms with van der Waals surface area (Å²) < 4.78 is 19.0. The summed E-state index contributed by atoms with van der Waals surface area (Å²) in [7, 11) is 1.49. The van der Waals surface area contributed by atoms with Crippen LogP contribution in [0.2, 0.25) is 0 Å². The molecular weight excluding hydrogens is 297 g/mol. The molecule has 124 valence electrons. The quantitative estimate of drug-likeness (QED) is 0.597. The van der Waals surface area contributed by atoms with E-state index in [9.17, 15) is 4.39 Å². The molecule has 0 spiro atoms. The summed E-state index contributed by atoms with van der Waals surface area (Å²) in [5.74, 6) is 0.783. The maximum atomic E-state index is 13.8. The molecule has 2 rings (SSSR count). The van der Waals surface area contributed by atoms with Gasteiger partial charge in [0.1, 0.15) is 11.6 Å². The summed E-state index contributed by atoms with van der Waals surface area (Å²) in [6.45, 7) is 6.30. The third kappa shape index (κ3) is 4.21. The second-order valence-corrected chi connectivity index (χ2v) is 6.16. The molecule has 0 radical (unpaired) electrons. The van der Waals surface area contributed by atoms with Crippen molar-refractivity contribution in [2.24, 2.45) is 10.7 Å². The van der Waals surface area contributed by atoms with E-state index in [1.165, 1.54) is 13.2 Å². The zero-order valence-corrected chi connectivity index (χ0v) is 13.8. The molecular formula is C16H22FN5O. The number of nitrogens with one attached hydrogen (secondary N) is 2. The highest BCUT2D eigenvalue weighted by Gasteiger charge is 2.16. The van der Waals surface area contributed by atoms with Gasteiger partial charge in [-0.25, -0.2) is 9.38 Å². The van der Waals surface area contributed by atoms with Gasteiger partial charge in [0, 0.05) is 17.2 Å². The van der Waals surface area contributed by atoms with Gasteiger partial charge in [-0.05, 0) is 12.1 Å². The number of halogens is 1. The van der Waals surface area contributed by atoms with Gasteiger partial charge in [-0.2, -0.15) is 5.10 Å². The fraction of sp³-hybridized carbons (Fsp3) is 0.375. The van der Waals surface area contributed by atoms with Crippen molar-refractivity contribution in [2.45, 2.75) is 32.7 Å². The number of nitrogens with zero attached hydrogens (tertiary/aromatic N) is 2. The molecule has 0 atom stereocenters. The van der Waals surface area contributed by atoms with Crippen molar-refractivity contribution in [1.29, 1.82) is 0 Å². The maximum absolute atomic E-state index is 13.8. The van der Waals surface area contributed by atoms with E-state index in [1.54, 1.807) is 12.1 Å². The molecule has 6 nitrogen and oxygen atoms in total. The number of anilines is 1. The van der Waals surface area contributed by atoms with Crippen molar-refractivity contribution in [3.8, 4) is 5.75 Å². The molecule has 7 heteroatoms. The van der Waals surface area contributed by atoms with Crippen molar-refractivity contribution >= 4 is 11.8 Å². The summed E-state index contributed by atoms with van der Waals surface area (Å²) in [6.07, 6.45) is 0. The van der Waals surface area contributed by atoms with Crippen LogP contribution in [0.25, 0.3) is 0 Å². The van der Waals surface area contributed by atoms with Gasteiger partial charge in [-0.1, -0.05) is 26.8 Å². The van der Waals surface area contributed by atoms with E-state index in [2.05, 4.69) is 41.3 Å². The Balaban J connectivity index is 2.08. The highest BCUT2D eigenvalue weighted by atomic mass is 19.1. The molecule has 0 bridgehead atoms. The van der Waals surface area contributed by atoms with Gasteiger partial charge in [0.25, 0.3) is 0 Å². The van der Waals surface area contributed by atoms with Gasteiger partial charge in [-0.15, -0.1) is 0 Å². The van der Waals surface area contributed by atoms with Gasteiger partial charge in [-0.3, -0.25) is 5.10 Å². The Morgan fingerprint density at radius 2 is 2.17 bits per heavy atom. The number of aromatic amines is 1. The van der Waals surface area contributed by atoms with Crippen LogP contribution >= 0.6 is 0 Å². The Morgan fingerprint density at radius 3 is 2.78 bits per heavy atom. The van der Waals surface area contributed by atoms with Crippen LogP contribution in [0.3, 0.4) is 0 Å². The number of H-pyrrole nitrogens is 1. The molecule has 0 unspecified atom stereocenters. The van der Waals surface area contributed by atoms with Gasteiger partial charge < -0.3 is 15.8 Å². The van der Waals surface area contributed by atoms with E-state index in [-0.39, 0.29) is 23.7 Å². The molecule has 23 heavy (non-hydrogen) atoms. The van der Waals surface area contributed by atoms with E-state index in [4.69, 9.17) is 10.5 Å². The highest BCUT2D eigenvalue weighted by Crippen LogP contribution is 2.23. The van der Waals surface area contributed by atoms with E-state index in [1.807, 2.05) is 6.07 Å². The number of benzene rings is 1. The molecule has 0 aliphatic heterocycles. The smallest absolute Gasteiger partial charge is 0.194 e. The minimum atomic E-state index is -0.379. The number of ether oxygens (including phenoxy) is 1. The monoisotopic (exact) mass is 319 g/mol. The molecule has 0 fully saturated rings. The van der Waals surface area contributed by atoms with Gasteiger partial charge in [0.05, 0.1) is 19.2 Å². The van der Waals surface area contributed by atoms with Crippen LogP contribution in [0.15, 0.2) is 29.3 Å². The fourth-order valence-electron chi connectivity index (χ4n) is 1.99. The van der Waals surface area contributed by atoms with Gasteiger partial charge in [0.2, 0.25) is 0 Å². The second-order valence-electron chi connectivity index (χ2n) is 6.16. The summed E-state index contributed by atoms with van der Waals surface area (Å²) in [5, 5.41) is 9.97. The Morgan fingerprint density at radius 1 is 1.43 bits per heavy atom. The lowest BCUT2D eigenvalue weighted by molar-refractivity contribution is 0.405. The second kappa shape index (κ2) is 6.68. The highest BCUT2D eigenvalue weighted by molar-refractivity contribution is 5.91. The van der Waals surface area contributed by atoms with Crippen molar-refractivity contribution in [1.82, 2.24) is 10.2 Å². The van der Waals surface area contributed by atoms with E-state index < -0.39 is 0 Å². The summed E-state index contributed by atoms with van der Waals surface area (Å²) in [4.78, 5) is 4.14. The minimum absolute atomic E-state index is 0.0423. The van der Waals surface area contributed by atoms with Crippen molar-refractivity contribution in [3.05, 3.63) is 41.3 Å². The van der Waals surface area contributed by atoms with Crippen LogP contribution in [0, 0.1) is 5.82 Å². The number of hydrogen-bond acceptors (Lipinski definition) is 3. The fourth-order valence-corrected chi connectivity index (χ4v) is 1.99. The third-order valence-corrected chi connectivity index (χ3v) is 3.35. The average molecular weight is 319 g/mol. The van der Waals surface area contributed by atoms with Crippen molar-refractivity contribution < 1.29 is 9.13 Å². The summed E-state index contributed by atoms with van der Waals surface area (Å²) in [6, 6.07) is 6.49.